The van der Waals surface area contributed by atoms with Crippen molar-refractivity contribution in [2.75, 3.05) is 30.4 Å². The van der Waals surface area contributed by atoms with Gasteiger partial charge >= 0.3 is 6.01 Å². The number of halogens is 1. The zero-order chi connectivity index (χ0) is 21.6. The van der Waals surface area contributed by atoms with Gasteiger partial charge in [-0.05, 0) is 19.4 Å². The topological polar surface area (TPSA) is 104 Å². The molecule has 9 nitrogen and oxygen atoms in total. The van der Waals surface area contributed by atoms with Gasteiger partial charge in [0.2, 0.25) is 0 Å². The minimum atomic E-state index is -0.193. The predicted octanol–water partition coefficient (Wildman–Crippen LogP) is 2.52. The molecule has 6 heterocycles. The Kier molecular flexibility index (Phi) is 3.53. The van der Waals surface area contributed by atoms with E-state index in [4.69, 9.17) is 9.72 Å². The van der Waals surface area contributed by atoms with Crippen molar-refractivity contribution in [3.8, 4) is 11.8 Å². The molecular formula is C22H21FN8O. The van der Waals surface area contributed by atoms with Crippen LogP contribution in [0.4, 0.5) is 15.9 Å². The molecule has 3 aromatic heterocycles. The molecular weight excluding hydrogens is 411 g/mol. The zero-order valence-electron chi connectivity index (χ0n) is 17.6. The van der Waals surface area contributed by atoms with Crippen LogP contribution in [0.1, 0.15) is 11.4 Å². The predicted molar refractivity (Wildman–Crippen MR) is 118 cm³/mol. The molecule has 2 saturated heterocycles. The zero-order valence-corrected chi connectivity index (χ0v) is 17.6. The Morgan fingerprint density at radius 2 is 2.00 bits per heavy atom. The summed E-state index contributed by atoms with van der Waals surface area (Å²) in [5, 5.41) is 8.31. The molecule has 162 valence electrons. The summed E-state index contributed by atoms with van der Waals surface area (Å²) >= 11 is 0. The van der Waals surface area contributed by atoms with E-state index < -0.39 is 0 Å². The summed E-state index contributed by atoms with van der Waals surface area (Å²) in [4.78, 5) is 23.6. The number of hydrogen-bond acceptors (Lipinski definition) is 8. The first-order chi connectivity index (χ1) is 15.6. The lowest BCUT2D eigenvalue weighted by Crippen LogP contribution is -2.64. The van der Waals surface area contributed by atoms with E-state index in [1.54, 1.807) is 25.5 Å². The molecule has 0 aliphatic carbocycles. The largest absolute Gasteiger partial charge is 0.421 e. The molecule has 4 aromatic rings. The minimum Gasteiger partial charge on any atom is -0.421 e. The number of anilines is 2. The molecule has 32 heavy (non-hydrogen) atoms. The maximum Gasteiger partial charge on any atom is 0.326 e. The SMILES string of the molecule is CNc1cc(F)c2c3c1[nH]c1nc(Oc4cnc(C)nc4)nc(c13)N1C3CNCC3C1C2. The number of ether oxygens (including phenoxy) is 1. The van der Waals surface area contributed by atoms with Gasteiger partial charge in [0.05, 0.1) is 29.0 Å². The van der Waals surface area contributed by atoms with E-state index in [-0.39, 0.29) is 17.9 Å². The van der Waals surface area contributed by atoms with Crippen LogP contribution in [0.5, 0.6) is 11.8 Å². The van der Waals surface area contributed by atoms with Gasteiger partial charge in [0.1, 0.15) is 23.1 Å². The van der Waals surface area contributed by atoms with Crippen molar-refractivity contribution in [1.29, 1.82) is 0 Å². The van der Waals surface area contributed by atoms with Crippen LogP contribution < -0.4 is 20.3 Å². The first kappa shape index (κ1) is 18.1. The Morgan fingerprint density at radius 1 is 1.16 bits per heavy atom. The Balaban J connectivity index is 1.49. The van der Waals surface area contributed by atoms with E-state index >= 15 is 4.39 Å². The Morgan fingerprint density at radius 3 is 2.81 bits per heavy atom. The normalized spacial score (nSPS) is 23.2. The average Bonchev–Trinajstić information content (AvgIpc) is 3.33. The molecule has 0 saturated carbocycles. The smallest absolute Gasteiger partial charge is 0.326 e. The molecule has 3 unspecified atom stereocenters. The highest BCUT2D eigenvalue weighted by Gasteiger charge is 2.53. The van der Waals surface area contributed by atoms with Crippen LogP contribution in [0, 0.1) is 18.7 Å². The first-order valence-electron chi connectivity index (χ1n) is 10.8. The summed E-state index contributed by atoms with van der Waals surface area (Å²) in [7, 11) is 1.79. The summed E-state index contributed by atoms with van der Waals surface area (Å²) in [5.74, 6) is 2.21. The maximum atomic E-state index is 15.3. The summed E-state index contributed by atoms with van der Waals surface area (Å²) < 4.78 is 21.2. The van der Waals surface area contributed by atoms with Crippen molar-refractivity contribution in [2.45, 2.75) is 25.4 Å². The molecule has 2 fully saturated rings. The number of aromatic amines is 1. The third-order valence-electron chi connectivity index (χ3n) is 7.07. The van der Waals surface area contributed by atoms with Crippen molar-refractivity contribution >= 4 is 33.4 Å². The van der Waals surface area contributed by atoms with E-state index in [0.29, 0.717) is 41.3 Å². The van der Waals surface area contributed by atoms with Crippen molar-refractivity contribution in [1.82, 2.24) is 30.2 Å². The van der Waals surface area contributed by atoms with E-state index in [0.717, 1.165) is 40.8 Å². The van der Waals surface area contributed by atoms with Gasteiger partial charge in [0, 0.05) is 49.1 Å². The highest BCUT2D eigenvalue weighted by molar-refractivity contribution is 6.17. The molecule has 0 radical (unpaired) electrons. The quantitative estimate of drug-likeness (QED) is 0.454. The van der Waals surface area contributed by atoms with E-state index in [1.807, 2.05) is 6.92 Å². The fraction of sp³-hybridized carbons (Fsp3) is 0.364. The van der Waals surface area contributed by atoms with Crippen LogP contribution in [0.25, 0.3) is 21.9 Å². The third-order valence-corrected chi connectivity index (χ3v) is 7.07. The van der Waals surface area contributed by atoms with Crippen LogP contribution in [-0.2, 0) is 6.42 Å². The number of fused-ring (bicyclic) bond motifs is 5. The number of aromatic nitrogens is 5. The lowest BCUT2D eigenvalue weighted by Gasteiger charge is -2.52. The molecule has 3 atom stereocenters. The van der Waals surface area contributed by atoms with Crippen LogP contribution in [0.3, 0.4) is 0 Å². The van der Waals surface area contributed by atoms with E-state index in [2.05, 4.69) is 35.5 Å². The van der Waals surface area contributed by atoms with Gasteiger partial charge in [-0.2, -0.15) is 9.97 Å². The van der Waals surface area contributed by atoms with Crippen molar-refractivity contribution < 1.29 is 9.13 Å². The molecule has 10 heteroatoms. The Hall–Kier alpha value is -3.53. The number of aryl methyl sites for hydroxylation is 1. The first-order valence-corrected chi connectivity index (χ1v) is 10.8. The fourth-order valence-electron chi connectivity index (χ4n) is 5.64. The van der Waals surface area contributed by atoms with Gasteiger partial charge in [-0.1, -0.05) is 0 Å². The molecule has 1 aromatic carbocycles. The van der Waals surface area contributed by atoms with Crippen LogP contribution in [0.2, 0.25) is 0 Å². The molecule has 0 bridgehead atoms. The fourth-order valence-corrected chi connectivity index (χ4v) is 5.64. The number of hydrogen-bond donors (Lipinski definition) is 3. The molecule has 3 aliphatic heterocycles. The average molecular weight is 432 g/mol. The Labute approximate surface area is 182 Å². The van der Waals surface area contributed by atoms with Gasteiger partial charge in [0.15, 0.2) is 5.75 Å². The van der Waals surface area contributed by atoms with Crippen LogP contribution in [-0.4, -0.2) is 57.1 Å². The standard InChI is InChI=1S/C22H21FN8O/c1-9-26-5-10(6-27-9)32-22-29-20-18-17-11(13(23)4-14(24-2)19(17)28-20)3-15-12-7-25-8-16(12)31(15)21(18)30-22/h4-6,12,15-16,24-25H,3,7-8H2,1-2H3,(H,28,29,30). The number of nitrogens with one attached hydrogen (secondary N) is 3. The number of benzene rings is 1. The van der Waals surface area contributed by atoms with Gasteiger partial charge in [0.25, 0.3) is 0 Å². The summed E-state index contributed by atoms with van der Waals surface area (Å²) in [6.45, 7) is 3.65. The summed E-state index contributed by atoms with van der Waals surface area (Å²) in [6, 6.07) is 2.31. The molecule has 3 aliphatic rings. The van der Waals surface area contributed by atoms with Gasteiger partial charge in [-0.25, -0.2) is 14.4 Å². The second kappa shape index (κ2) is 6.26. The molecule has 0 spiro atoms. The summed E-state index contributed by atoms with van der Waals surface area (Å²) in [6.07, 6.45) is 3.85. The molecule has 0 amide bonds. The van der Waals surface area contributed by atoms with E-state index in [9.17, 15) is 0 Å². The minimum absolute atomic E-state index is 0.189. The van der Waals surface area contributed by atoms with Gasteiger partial charge in [-0.3, -0.25) is 0 Å². The molecule has 3 N–H and O–H groups in total. The van der Waals surface area contributed by atoms with Gasteiger partial charge < -0.3 is 25.3 Å². The van der Waals surface area contributed by atoms with Crippen molar-refractivity contribution in [2.24, 2.45) is 5.92 Å². The van der Waals surface area contributed by atoms with Crippen LogP contribution >= 0.6 is 0 Å². The Bertz CT molecular complexity index is 1400. The second-order valence-corrected chi connectivity index (χ2v) is 8.70. The van der Waals surface area contributed by atoms with Gasteiger partial charge in [-0.15, -0.1) is 0 Å². The lowest BCUT2D eigenvalue weighted by atomic mass is 9.79. The molecule has 7 rings (SSSR count). The maximum absolute atomic E-state index is 15.3. The lowest BCUT2D eigenvalue weighted by molar-refractivity contribution is 0.253. The van der Waals surface area contributed by atoms with E-state index in [1.165, 1.54) is 0 Å². The van der Waals surface area contributed by atoms with Crippen molar-refractivity contribution in [3.05, 3.63) is 35.7 Å². The second-order valence-electron chi connectivity index (χ2n) is 8.70. The highest BCUT2D eigenvalue weighted by Crippen LogP contribution is 2.49. The monoisotopic (exact) mass is 432 g/mol. The van der Waals surface area contributed by atoms with Crippen LogP contribution in [0.15, 0.2) is 18.5 Å². The number of rotatable bonds is 3. The number of H-pyrrole nitrogens is 1. The summed E-state index contributed by atoms with van der Waals surface area (Å²) in [5.41, 5.74) is 2.90. The van der Waals surface area contributed by atoms with Crippen molar-refractivity contribution in [3.63, 3.8) is 0 Å². The number of nitrogens with zero attached hydrogens (tertiary/aromatic N) is 5. The third kappa shape index (κ3) is 2.30. The highest BCUT2D eigenvalue weighted by atomic mass is 19.1.